The van der Waals surface area contributed by atoms with Gasteiger partial charge in [-0.15, -0.1) is 0 Å². The first-order chi connectivity index (χ1) is 15.8. The van der Waals surface area contributed by atoms with Gasteiger partial charge in [-0.25, -0.2) is 8.78 Å². The van der Waals surface area contributed by atoms with Gasteiger partial charge in [0.2, 0.25) is 5.82 Å². The van der Waals surface area contributed by atoms with Crippen LogP contribution < -0.4 is 4.74 Å². The number of allylic oxidation sites excluding steroid dienone is 2. The summed E-state index contributed by atoms with van der Waals surface area (Å²) in [4.78, 5) is 0. The highest BCUT2D eigenvalue weighted by Gasteiger charge is 2.43. The monoisotopic (exact) mass is 478 g/mol. The van der Waals surface area contributed by atoms with E-state index in [-0.39, 0.29) is 31.7 Å². The molecule has 0 amide bonds. The molecule has 0 spiro atoms. The summed E-state index contributed by atoms with van der Waals surface area (Å²) in [5.41, 5.74) is -1.22. The maximum atomic E-state index is 14.5. The zero-order chi connectivity index (χ0) is 24.0. The highest BCUT2D eigenvalue weighted by molar-refractivity contribution is 5.32. The summed E-state index contributed by atoms with van der Waals surface area (Å²) in [5.74, 6) is -3.61. The van der Waals surface area contributed by atoms with E-state index in [1.807, 2.05) is 19.1 Å². The molecule has 1 aliphatic carbocycles. The second kappa shape index (κ2) is 11.6. The van der Waals surface area contributed by atoms with E-state index in [4.69, 9.17) is 18.9 Å². The standard InChI is InChI=1S/C24H31F5O4/c1-3-5-6-19(25)15-7-9-16(10-8-15)23-31-13-17(14-32-23)33-24(28,29)18-11-12-20(30-4-2)22(27)21(18)26/h3,5,11-12,15-17,19,23H,4,6-10,13-14H2,1-2H3/b5-3+. The van der Waals surface area contributed by atoms with Crippen LogP contribution in [-0.4, -0.2) is 38.4 Å². The Morgan fingerprint density at radius 2 is 1.76 bits per heavy atom. The smallest absolute Gasteiger partial charge is 0.386 e. The van der Waals surface area contributed by atoms with Crippen molar-refractivity contribution in [3.63, 3.8) is 0 Å². The number of alkyl halides is 3. The Kier molecular flexibility index (Phi) is 9.12. The van der Waals surface area contributed by atoms with Crippen molar-refractivity contribution in [3.05, 3.63) is 41.5 Å². The summed E-state index contributed by atoms with van der Waals surface area (Å²) in [5, 5.41) is 0. The van der Waals surface area contributed by atoms with Gasteiger partial charge in [-0.3, -0.25) is 0 Å². The van der Waals surface area contributed by atoms with Crippen molar-refractivity contribution in [2.75, 3.05) is 19.8 Å². The minimum atomic E-state index is -4.08. The molecule has 4 nitrogen and oxygen atoms in total. The molecule has 1 unspecified atom stereocenters. The molecule has 33 heavy (non-hydrogen) atoms. The number of hydrogen-bond acceptors (Lipinski definition) is 4. The largest absolute Gasteiger partial charge is 0.491 e. The van der Waals surface area contributed by atoms with Crippen LogP contribution in [0.25, 0.3) is 0 Å². The van der Waals surface area contributed by atoms with Gasteiger partial charge >= 0.3 is 6.11 Å². The molecule has 1 heterocycles. The number of ether oxygens (including phenoxy) is 4. The van der Waals surface area contributed by atoms with E-state index in [0.717, 1.165) is 25.0 Å². The van der Waals surface area contributed by atoms with Crippen LogP contribution in [0.5, 0.6) is 5.75 Å². The highest BCUT2D eigenvalue weighted by Crippen LogP contribution is 2.39. The van der Waals surface area contributed by atoms with Crippen molar-refractivity contribution in [2.45, 2.75) is 70.6 Å². The topological polar surface area (TPSA) is 36.9 Å². The van der Waals surface area contributed by atoms with Crippen LogP contribution in [-0.2, 0) is 20.3 Å². The van der Waals surface area contributed by atoms with E-state index in [9.17, 15) is 22.0 Å². The van der Waals surface area contributed by atoms with Gasteiger partial charge in [0.1, 0.15) is 12.3 Å². The normalized spacial score (nSPS) is 27.6. The van der Waals surface area contributed by atoms with Gasteiger partial charge in [0.15, 0.2) is 17.9 Å². The second-order valence-electron chi connectivity index (χ2n) is 8.46. The van der Waals surface area contributed by atoms with Crippen molar-refractivity contribution >= 4 is 0 Å². The summed E-state index contributed by atoms with van der Waals surface area (Å²) in [6.45, 7) is 3.14. The van der Waals surface area contributed by atoms with Crippen molar-refractivity contribution in [3.8, 4) is 5.75 Å². The lowest BCUT2D eigenvalue weighted by Gasteiger charge is -2.38. The van der Waals surface area contributed by atoms with Crippen molar-refractivity contribution in [2.24, 2.45) is 11.8 Å². The van der Waals surface area contributed by atoms with Gasteiger partial charge in [-0.05, 0) is 64.0 Å². The maximum Gasteiger partial charge on any atom is 0.386 e. The molecule has 3 rings (SSSR count). The number of rotatable bonds is 9. The molecular weight excluding hydrogens is 447 g/mol. The minimum Gasteiger partial charge on any atom is -0.491 e. The van der Waals surface area contributed by atoms with E-state index < -0.39 is 47.6 Å². The molecule has 0 bridgehead atoms. The van der Waals surface area contributed by atoms with Crippen LogP contribution >= 0.6 is 0 Å². The number of hydrogen-bond donors (Lipinski definition) is 0. The van der Waals surface area contributed by atoms with Crippen LogP contribution in [0.2, 0.25) is 0 Å². The summed E-state index contributed by atoms with van der Waals surface area (Å²) in [6.07, 6.45) is 0.274. The van der Waals surface area contributed by atoms with Crippen LogP contribution in [0, 0.1) is 23.5 Å². The minimum absolute atomic E-state index is 0.000204. The van der Waals surface area contributed by atoms with Crippen molar-refractivity contribution < 1.29 is 40.9 Å². The highest BCUT2D eigenvalue weighted by atomic mass is 19.3. The van der Waals surface area contributed by atoms with Gasteiger partial charge in [0, 0.05) is 5.92 Å². The Bertz CT molecular complexity index is 787. The van der Waals surface area contributed by atoms with Gasteiger partial charge in [-0.2, -0.15) is 13.2 Å². The van der Waals surface area contributed by atoms with Gasteiger partial charge in [0.05, 0.1) is 25.4 Å². The third-order valence-electron chi connectivity index (χ3n) is 6.18. The lowest BCUT2D eigenvalue weighted by atomic mass is 9.78. The lowest BCUT2D eigenvalue weighted by molar-refractivity contribution is -0.326. The molecule has 1 aromatic carbocycles. The third-order valence-corrected chi connectivity index (χ3v) is 6.18. The molecule has 1 saturated carbocycles. The molecule has 0 N–H and O–H groups in total. The third kappa shape index (κ3) is 6.45. The zero-order valence-electron chi connectivity index (χ0n) is 18.9. The van der Waals surface area contributed by atoms with Gasteiger partial charge < -0.3 is 18.9 Å². The second-order valence-corrected chi connectivity index (χ2v) is 8.46. The first kappa shape index (κ1) is 25.9. The first-order valence-corrected chi connectivity index (χ1v) is 11.4. The summed E-state index contributed by atoms with van der Waals surface area (Å²) < 4.78 is 92.3. The van der Waals surface area contributed by atoms with Crippen LogP contribution in [0.4, 0.5) is 22.0 Å². The van der Waals surface area contributed by atoms with Gasteiger partial charge in [-0.1, -0.05) is 12.2 Å². The molecule has 1 atom stereocenters. The molecular formula is C24H31F5O4. The van der Waals surface area contributed by atoms with E-state index >= 15 is 0 Å². The molecule has 0 radical (unpaired) electrons. The van der Waals surface area contributed by atoms with Crippen molar-refractivity contribution in [1.82, 2.24) is 0 Å². The molecule has 186 valence electrons. The lowest BCUT2D eigenvalue weighted by Crippen LogP contribution is -2.44. The average molecular weight is 478 g/mol. The van der Waals surface area contributed by atoms with Gasteiger partial charge in [0.25, 0.3) is 0 Å². The van der Waals surface area contributed by atoms with Crippen LogP contribution in [0.3, 0.4) is 0 Å². The Morgan fingerprint density at radius 3 is 2.36 bits per heavy atom. The fourth-order valence-electron chi connectivity index (χ4n) is 4.37. The molecule has 1 saturated heterocycles. The van der Waals surface area contributed by atoms with Crippen molar-refractivity contribution in [1.29, 1.82) is 0 Å². The van der Waals surface area contributed by atoms with E-state index in [1.165, 1.54) is 0 Å². The predicted octanol–water partition coefficient (Wildman–Crippen LogP) is 6.28. The Balaban J connectivity index is 1.50. The fourth-order valence-corrected chi connectivity index (χ4v) is 4.37. The molecule has 2 aliphatic rings. The first-order valence-electron chi connectivity index (χ1n) is 11.4. The average Bonchev–Trinajstić information content (AvgIpc) is 2.81. The molecule has 9 heteroatoms. The molecule has 2 fully saturated rings. The van der Waals surface area contributed by atoms with E-state index in [0.29, 0.717) is 19.3 Å². The Morgan fingerprint density at radius 1 is 1.09 bits per heavy atom. The summed E-state index contributed by atoms with van der Waals surface area (Å²) >= 11 is 0. The fraction of sp³-hybridized carbons (Fsp3) is 0.667. The predicted molar refractivity (Wildman–Crippen MR) is 112 cm³/mol. The zero-order valence-corrected chi connectivity index (χ0v) is 18.9. The SMILES string of the molecule is C/C=C/CC(F)C1CCC(C2OCC(OC(F)(F)c3ccc(OCC)c(F)c3F)CO2)CC1. The van der Waals surface area contributed by atoms with E-state index in [1.54, 1.807) is 6.92 Å². The van der Waals surface area contributed by atoms with Crippen LogP contribution in [0.15, 0.2) is 24.3 Å². The summed E-state index contributed by atoms with van der Waals surface area (Å²) in [7, 11) is 0. The molecule has 1 aliphatic heterocycles. The number of benzene rings is 1. The van der Waals surface area contributed by atoms with E-state index in [2.05, 4.69) is 0 Å². The quantitative estimate of drug-likeness (QED) is 0.309. The molecule has 0 aromatic heterocycles. The Labute approximate surface area is 191 Å². The van der Waals surface area contributed by atoms with Crippen LogP contribution in [0.1, 0.15) is 51.5 Å². The molecule has 1 aromatic rings. The number of halogens is 5. The summed E-state index contributed by atoms with van der Waals surface area (Å²) in [6, 6.07) is 1.68. The Hall–Kier alpha value is -1.71. The maximum absolute atomic E-state index is 14.5.